The Morgan fingerprint density at radius 3 is 3.16 bits per heavy atom. The molecular formula is C14H16FN3O. The summed E-state index contributed by atoms with van der Waals surface area (Å²) in [5, 5.41) is 3.40. The van der Waals surface area contributed by atoms with Crippen molar-refractivity contribution in [1.82, 2.24) is 14.9 Å². The van der Waals surface area contributed by atoms with E-state index in [4.69, 9.17) is 0 Å². The van der Waals surface area contributed by atoms with E-state index in [1.807, 2.05) is 0 Å². The van der Waals surface area contributed by atoms with Gasteiger partial charge in [0.25, 0.3) is 5.56 Å². The zero-order chi connectivity index (χ0) is 13.2. The van der Waals surface area contributed by atoms with E-state index in [0.29, 0.717) is 18.0 Å². The first kappa shape index (κ1) is 12.3. The molecule has 100 valence electrons. The van der Waals surface area contributed by atoms with Crippen molar-refractivity contribution < 1.29 is 4.39 Å². The summed E-state index contributed by atoms with van der Waals surface area (Å²) >= 11 is 0. The maximum absolute atomic E-state index is 13.7. The second-order valence-electron chi connectivity index (χ2n) is 5.05. The normalized spacial score (nSPS) is 19.7. The number of nitrogens with zero attached hydrogens (tertiary/aromatic N) is 2. The van der Waals surface area contributed by atoms with E-state index in [2.05, 4.69) is 10.3 Å². The van der Waals surface area contributed by atoms with Crippen LogP contribution in [0.5, 0.6) is 0 Å². The third kappa shape index (κ3) is 2.38. The van der Waals surface area contributed by atoms with Gasteiger partial charge in [-0.2, -0.15) is 0 Å². The highest BCUT2D eigenvalue weighted by atomic mass is 19.1. The van der Waals surface area contributed by atoms with Crippen LogP contribution in [0.15, 0.2) is 29.3 Å². The van der Waals surface area contributed by atoms with Crippen molar-refractivity contribution in [2.45, 2.75) is 19.4 Å². The number of benzene rings is 1. The highest BCUT2D eigenvalue weighted by Gasteiger charge is 2.15. The van der Waals surface area contributed by atoms with Crippen molar-refractivity contribution in [3.8, 4) is 0 Å². The van der Waals surface area contributed by atoms with Gasteiger partial charge in [0.15, 0.2) is 0 Å². The van der Waals surface area contributed by atoms with Crippen LogP contribution in [0.4, 0.5) is 4.39 Å². The van der Waals surface area contributed by atoms with Gasteiger partial charge in [-0.1, -0.05) is 6.07 Å². The lowest BCUT2D eigenvalue weighted by atomic mass is 10.00. The summed E-state index contributed by atoms with van der Waals surface area (Å²) in [6.45, 7) is 2.54. The van der Waals surface area contributed by atoms with Crippen molar-refractivity contribution in [2.75, 3.05) is 13.1 Å². The first-order valence-electron chi connectivity index (χ1n) is 6.60. The van der Waals surface area contributed by atoms with E-state index in [-0.39, 0.29) is 10.9 Å². The highest BCUT2D eigenvalue weighted by Crippen LogP contribution is 2.14. The summed E-state index contributed by atoms with van der Waals surface area (Å²) in [7, 11) is 0. The molecule has 5 heteroatoms. The Morgan fingerprint density at radius 2 is 2.37 bits per heavy atom. The Balaban J connectivity index is 1.98. The molecule has 1 aliphatic heterocycles. The molecule has 3 rings (SSSR count). The van der Waals surface area contributed by atoms with Crippen LogP contribution in [0.3, 0.4) is 0 Å². The average molecular weight is 261 g/mol. The van der Waals surface area contributed by atoms with Crippen LogP contribution in [0.2, 0.25) is 0 Å². The van der Waals surface area contributed by atoms with Crippen molar-refractivity contribution in [1.29, 1.82) is 0 Å². The summed E-state index contributed by atoms with van der Waals surface area (Å²) < 4.78 is 15.3. The van der Waals surface area contributed by atoms with Gasteiger partial charge in [-0.05, 0) is 44.0 Å². The minimum atomic E-state index is -0.494. The molecule has 0 radical (unpaired) electrons. The first-order valence-corrected chi connectivity index (χ1v) is 6.60. The van der Waals surface area contributed by atoms with Gasteiger partial charge in [-0.15, -0.1) is 0 Å². The molecule has 0 bridgehead atoms. The quantitative estimate of drug-likeness (QED) is 0.892. The lowest BCUT2D eigenvalue weighted by molar-refractivity contribution is 0.333. The minimum absolute atomic E-state index is 0.0915. The lowest BCUT2D eigenvalue weighted by Gasteiger charge is -2.23. The number of hydrogen-bond donors (Lipinski definition) is 1. The fraction of sp³-hybridized carbons (Fsp3) is 0.429. The SMILES string of the molecule is O=c1c2c(F)cccc2ncn1CC1CCCNC1. The highest BCUT2D eigenvalue weighted by molar-refractivity contribution is 5.77. The van der Waals surface area contributed by atoms with Crippen LogP contribution < -0.4 is 10.9 Å². The van der Waals surface area contributed by atoms with E-state index in [0.717, 1.165) is 25.9 Å². The van der Waals surface area contributed by atoms with Crippen LogP contribution in [0, 0.1) is 11.7 Å². The van der Waals surface area contributed by atoms with Crippen molar-refractivity contribution in [3.63, 3.8) is 0 Å². The molecule has 1 unspecified atom stereocenters. The maximum atomic E-state index is 13.7. The Bertz CT molecular complexity index is 647. The zero-order valence-corrected chi connectivity index (χ0v) is 10.6. The molecule has 1 aliphatic rings. The molecule has 2 heterocycles. The molecule has 2 aromatic rings. The lowest BCUT2D eigenvalue weighted by Crippen LogP contribution is -2.34. The van der Waals surface area contributed by atoms with Crippen molar-refractivity contribution in [3.05, 3.63) is 40.7 Å². The summed E-state index contributed by atoms with van der Waals surface area (Å²) in [4.78, 5) is 16.5. The fourth-order valence-electron chi connectivity index (χ4n) is 2.65. The van der Waals surface area contributed by atoms with Gasteiger partial charge in [-0.3, -0.25) is 9.36 Å². The molecule has 0 aliphatic carbocycles. The molecule has 1 saturated heterocycles. The molecule has 1 N–H and O–H groups in total. The Hall–Kier alpha value is -1.75. The molecule has 1 aromatic heterocycles. The molecule has 0 spiro atoms. The predicted molar refractivity (Wildman–Crippen MR) is 71.6 cm³/mol. The van der Waals surface area contributed by atoms with E-state index < -0.39 is 5.82 Å². The Morgan fingerprint density at radius 1 is 1.47 bits per heavy atom. The second-order valence-corrected chi connectivity index (χ2v) is 5.05. The van der Waals surface area contributed by atoms with Gasteiger partial charge < -0.3 is 5.32 Å². The number of rotatable bonds is 2. The molecule has 1 aromatic carbocycles. The molecule has 1 atom stereocenters. The number of fused-ring (bicyclic) bond motifs is 1. The summed E-state index contributed by atoms with van der Waals surface area (Å²) in [5.74, 6) is -0.0800. The molecule has 4 nitrogen and oxygen atoms in total. The summed E-state index contributed by atoms with van der Waals surface area (Å²) in [6.07, 6.45) is 3.74. The van der Waals surface area contributed by atoms with E-state index in [1.165, 1.54) is 17.0 Å². The van der Waals surface area contributed by atoms with Gasteiger partial charge in [0.05, 0.1) is 11.8 Å². The van der Waals surface area contributed by atoms with Crippen LogP contribution >= 0.6 is 0 Å². The van der Waals surface area contributed by atoms with Gasteiger partial charge in [0, 0.05) is 6.54 Å². The standard InChI is InChI=1S/C14H16FN3O/c15-11-4-1-5-12-13(11)14(19)18(9-17-12)8-10-3-2-6-16-7-10/h1,4-5,9-10,16H,2-3,6-8H2. The van der Waals surface area contributed by atoms with Crippen LogP contribution in [0.25, 0.3) is 10.9 Å². The predicted octanol–water partition coefficient (Wildman–Crippen LogP) is 1.54. The van der Waals surface area contributed by atoms with Gasteiger partial charge in [0.1, 0.15) is 11.2 Å². The number of nitrogens with one attached hydrogen (secondary N) is 1. The maximum Gasteiger partial charge on any atom is 0.264 e. The summed E-state index contributed by atoms with van der Waals surface area (Å²) in [5.41, 5.74) is 0.136. The summed E-state index contributed by atoms with van der Waals surface area (Å²) in [6, 6.07) is 4.53. The van der Waals surface area contributed by atoms with Crippen molar-refractivity contribution in [2.24, 2.45) is 5.92 Å². The Labute approximate surface area is 110 Å². The number of hydrogen-bond acceptors (Lipinski definition) is 3. The van der Waals surface area contributed by atoms with Gasteiger partial charge >= 0.3 is 0 Å². The molecule has 0 amide bonds. The minimum Gasteiger partial charge on any atom is -0.316 e. The number of aromatic nitrogens is 2. The monoisotopic (exact) mass is 261 g/mol. The number of halogens is 1. The van der Waals surface area contributed by atoms with E-state index >= 15 is 0 Å². The third-order valence-corrected chi connectivity index (χ3v) is 3.66. The molecule has 0 saturated carbocycles. The average Bonchev–Trinajstić information content (AvgIpc) is 2.43. The number of piperidine rings is 1. The third-order valence-electron chi connectivity index (χ3n) is 3.66. The van der Waals surface area contributed by atoms with Crippen LogP contribution in [-0.2, 0) is 6.54 Å². The van der Waals surface area contributed by atoms with E-state index in [9.17, 15) is 9.18 Å². The fourth-order valence-corrected chi connectivity index (χ4v) is 2.65. The molecule has 19 heavy (non-hydrogen) atoms. The zero-order valence-electron chi connectivity index (χ0n) is 10.6. The topological polar surface area (TPSA) is 46.9 Å². The second kappa shape index (κ2) is 5.09. The van der Waals surface area contributed by atoms with Gasteiger partial charge in [0.2, 0.25) is 0 Å². The van der Waals surface area contributed by atoms with E-state index in [1.54, 1.807) is 12.1 Å². The van der Waals surface area contributed by atoms with Gasteiger partial charge in [-0.25, -0.2) is 9.37 Å². The first-order chi connectivity index (χ1) is 9.25. The molecular weight excluding hydrogens is 245 g/mol. The Kier molecular flexibility index (Phi) is 3.29. The smallest absolute Gasteiger partial charge is 0.264 e. The van der Waals surface area contributed by atoms with Crippen LogP contribution in [0.1, 0.15) is 12.8 Å². The molecule has 1 fully saturated rings. The van der Waals surface area contributed by atoms with Crippen molar-refractivity contribution >= 4 is 10.9 Å². The largest absolute Gasteiger partial charge is 0.316 e. The van der Waals surface area contributed by atoms with Crippen LogP contribution in [-0.4, -0.2) is 22.6 Å².